The van der Waals surface area contributed by atoms with Crippen molar-refractivity contribution in [3.05, 3.63) is 60.8 Å². The van der Waals surface area contributed by atoms with Crippen molar-refractivity contribution in [2.45, 2.75) is 6.42 Å². The van der Waals surface area contributed by atoms with Crippen molar-refractivity contribution in [3.8, 4) is 6.07 Å². The second-order valence-electron chi connectivity index (χ2n) is 4.61. The van der Waals surface area contributed by atoms with Crippen LogP contribution in [0.15, 0.2) is 60.8 Å². The fraction of sp³-hybridized carbons (Fsp3) is 0.118. The maximum Gasteiger partial charge on any atom is 0.152 e. The summed E-state index contributed by atoms with van der Waals surface area (Å²) in [6.07, 6.45) is 2.19. The van der Waals surface area contributed by atoms with Gasteiger partial charge in [0, 0.05) is 12.2 Å². The summed E-state index contributed by atoms with van der Waals surface area (Å²) >= 11 is 0. The van der Waals surface area contributed by atoms with Gasteiger partial charge in [-0.15, -0.1) is 0 Å². The Hall–Kier alpha value is -2.93. The van der Waals surface area contributed by atoms with E-state index < -0.39 is 0 Å². The summed E-state index contributed by atoms with van der Waals surface area (Å²) in [6.45, 7) is 0.591. The largest absolute Gasteiger partial charge is 0.324 e. The number of nitrogens with zero attached hydrogens (tertiary/aromatic N) is 4. The topological polar surface area (TPSA) is 52.8 Å². The average Bonchev–Trinajstić information content (AvgIpc) is 2.56. The minimum absolute atomic E-state index is 0.434. The molecule has 0 atom stereocenters. The number of fused-ring (bicyclic) bond motifs is 1. The van der Waals surface area contributed by atoms with Crippen molar-refractivity contribution < 1.29 is 0 Å². The van der Waals surface area contributed by atoms with Gasteiger partial charge in [0.2, 0.25) is 0 Å². The SMILES string of the molecule is N#CCCN(c1ccccc1)c1cnc2ccccc2n1. The van der Waals surface area contributed by atoms with Gasteiger partial charge in [0.25, 0.3) is 0 Å². The smallest absolute Gasteiger partial charge is 0.152 e. The van der Waals surface area contributed by atoms with Gasteiger partial charge >= 0.3 is 0 Å². The first-order valence-electron chi connectivity index (χ1n) is 6.80. The maximum atomic E-state index is 8.87. The van der Waals surface area contributed by atoms with Gasteiger partial charge in [-0.05, 0) is 24.3 Å². The van der Waals surface area contributed by atoms with E-state index in [0.717, 1.165) is 22.5 Å². The second-order valence-corrected chi connectivity index (χ2v) is 4.61. The zero-order chi connectivity index (χ0) is 14.5. The van der Waals surface area contributed by atoms with E-state index in [4.69, 9.17) is 5.26 Å². The van der Waals surface area contributed by atoms with Crippen LogP contribution in [0.2, 0.25) is 0 Å². The van der Waals surface area contributed by atoms with Crippen LogP contribution in [0.3, 0.4) is 0 Å². The molecule has 102 valence electrons. The molecule has 0 fully saturated rings. The van der Waals surface area contributed by atoms with Gasteiger partial charge in [0.15, 0.2) is 5.82 Å². The van der Waals surface area contributed by atoms with Gasteiger partial charge in [-0.1, -0.05) is 30.3 Å². The highest BCUT2D eigenvalue weighted by atomic mass is 15.2. The molecular formula is C17H14N4. The van der Waals surface area contributed by atoms with Crippen molar-refractivity contribution in [1.29, 1.82) is 5.26 Å². The molecule has 0 aliphatic rings. The second kappa shape index (κ2) is 6.02. The highest BCUT2D eigenvalue weighted by Crippen LogP contribution is 2.24. The van der Waals surface area contributed by atoms with E-state index in [-0.39, 0.29) is 0 Å². The molecule has 2 aromatic carbocycles. The van der Waals surface area contributed by atoms with Gasteiger partial charge < -0.3 is 4.90 Å². The van der Waals surface area contributed by atoms with Crippen LogP contribution in [-0.2, 0) is 0 Å². The van der Waals surface area contributed by atoms with Crippen LogP contribution < -0.4 is 4.90 Å². The molecule has 0 aliphatic heterocycles. The summed E-state index contributed by atoms with van der Waals surface area (Å²) in [6, 6.07) is 19.9. The Kier molecular flexibility index (Phi) is 3.74. The molecule has 4 heteroatoms. The molecule has 0 saturated heterocycles. The molecule has 0 unspecified atom stereocenters. The van der Waals surface area contributed by atoms with E-state index in [0.29, 0.717) is 13.0 Å². The van der Waals surface area contributed by atoms with Gasteiger partial charge in [-0.3, -0.25) is 4.98 Å². The predicted molar refractivity (Wildman–Crippen MR) is 83.2 cm³/mol. The van der Waals surface area contributed by atoms with Crippen molar-refractivity contribution in [2.75, 3.05) is 11.4 Å². The first-order chi connectivity index (χ1) is 10.4. The Labute approximate surface area is 123 Å². The minimum Gasteiger partial charge on any atom is -0.324 e. The fourth-order valence-corrected chi connectivity index (χ4v) is 2.22. The highest BCUT2D eigenvalue weighted by Gasteiger charge is 2.11. The quantitative estimate of drug-likeness (QED) is 0.728. The molecule has 0 saturated carbocycles. The van der Waals surface area contributed by atoms with E-state index in [1.807, 2.05) is 59.5 Å². The van der Waals surface area contributed by atoms with Crippen molar-refractivity contribution in [2.24, 2.45) is 0 Å². The number of hydrogen-bond acceptors (Lipinski definition) is 4. The van der Waals surface area contributed by atoms with Crippen LogP contribution >= 0.6 is 0 Å². The Morgan fingerprint density at radius 1 is 0.952 bits per heavy atom. The third kappa shape index (κ3) is 2.82. The number of rotatable bonds is 4. The lowest BCUT2D eigenvalue weighted by molar-refractivity contribution is 0.926. The molecule has 0 N–H and O–H groups in total. The number of para-hydroxylation sites is 3. The molecule has 0 aliphatic carbocycles. The normalized spacial score (nSPS) is 10.2. The summed E-state index contributed by atoms with van der Waals surface area (Å²) in [5.74, 6) is 0.759. The summed E-state index contributed by atoms with van der Waals surface area (Å²) in [4.78, 5) is 11.1. The van der Waals surface area contributed by atoms with E-state index in [1.165, 1.54) is 0 Å². The molecule has 1 heterocycles. The molecule has 0 spiro atoms. The maximum absolute atomic E-state index is 8.87. The van der Waals surface area contributed by atoms with Gasteiger partial charge in [0.05, 0.1) is 29.7 Å². The lowest BCUT2D eigenvalue weighted by Gasteiger charge is -2.22. The van der Waals surface area contributed by atoms with Gasteiger partial charge in [0.1, 0.15) is 0 Å². The molecule has 0 radical (unpaired) electrons. The van der Waals surface area contributed by atoms with Crippen LogP contribution in [0.5, 0.6) is 0 Å². The highest BCUT2D eigenvalue weighted by molar-refractivity contribution is 5.76. The molecular weight excluding hydrogens is 260 g/mol. The number of aromatic nitrogens is 2. The van der Waals surface area contributed by atoms with Gasteiger partial charge in [-0.2, -0.15) is 5.26 Å². The molecule has 4 nitrogen and oxygen atoms in total. The molecule has 3 aromatic rings. The average molecular weight is 274 g/mol. The Balaban J connectivity index is 2.03. The molecule has 0 bridgehead atoms. The monoisotopic (exact) mass is 274 g/mol. The standard InChI is InChI=1S/C17H14N4/c18-11-6-12-21(14-7-2-1-3-8-14)17-13-19-15-9-4-5-10-16(15)20-17/h1-5,7-10,13H,6,12H2. The first kappa shape index (κ1) is 13.1. The minimum atomic E-state index is 0.434. The number of nitriles is 1. The Morgan fingerprint density at radius 2 is 1.67 bits per heavy atom. The summed E-state index contributed by atoms with van der Waals surface area (Å²) in [7, 11) is 0. The molecule has 3 rings (SSSR count). The lowest BCUT2D eigenvalue weighted by atomic mass is 10.2. The zero-order valence-corrected chi connectivity index (χ0v) is 11.5. The summed E-state index contributed by atoms with van der Waals surface area (Å²) in [5.41, 5.74) is 2.74. The van der Waals surface area contributed by atoms with Gasteiger partial charge in [-0.25, -0.2) is 4.98 Å². The summed E-state index contributed by atoms with van der Waals surface area (Å²) < 4.78 is 0. The van der Waals surface area contributed by atoms with Crippen molar-refractivity contribution in [1.82, 2.24) is 9.97 Å². The van der Waals surface area contributed by atoms with Crippen molar-refractivity contribution >= 4 is 22.5 Å². The molecule has 1 aromatic heterocycles. The number of hydrogen-bond donors (Lipinski definition) is 0. The summed E-state index contributed by atoms with van der Waals surface area (Å²) in [5, 5.41) is 8.87. The van der Waals surface area contributed by atoms with Crippen LogP contribution in [0.25, 0.3) is 11.0 Å². The fourth-order valence-electron chi connectivity index (χ4n) is 2.22. The third-order valence-electron chi connectivity index (χ3n) is 3.23. The van der Waals surface area contributed by atoms with Crippen LogP contribution in [0.4, 0.5) is 11.5 Å². The number of benzene rings is 2. The Morgan fingerprint density at radius 3 is 2.43 bits per heavy atom. The van der Waals surface area contributed by atoms with E-state index >= 15 is 0 Å². The van der Waals surface area contributed by atoms with E-state index in [1.54, 1.807) is 6.20 Å². The number of anilines is 2. The van der Waals surface area contributed by atoms with E-state index in [2.05, 4.69) is 16.0 Å². The zero-order valence-electron chi connectivity index (χ0n) is 11.5. The van der Waals surface area contributed by atoms with E-state index in [9.17, 15) is 0 Å². The molecule has 21 heavy (non-hydrogen) atoms. The molecule has 0 amide bonds. The van der Waals surface area contributed by atoms with Crippen LogP contribution in [-0.4, -0.2) is 16.5 Å². The third-order valence-corrected chi connectivity index (χ3v) is 3.23. The van der Waals surface area contributed by atoms with Crippen molar-refractivity contribution in [3.63, 3.8) is 0 Å². The Bertz CT molecular complexity index is 777. The lowest BCUT2D eigenvalue weighted by Crippen LogP contribution is -2.19. The van der Waals surface area contributed by atoms with Crippen LogP contribution in [0, 0.1) is 11.3 Å². The predicted octanol–water partition coefficient (Wildman–Crippen LogP) is 3.68. The van der Waals surface area contributed by atoms with Crippen LogP contribution in [0.1, 0.15) is 6.42 Å². The first-order valence-corrected chi connectivity index (χ1v) is 6.80.